The Balaban J connectivity index is 1.21. The summed E-state index contributed by atoms with van der Waals surface area (Å²) in [4.78, 5) is 17.0. The van der Waals surface area contributed by atoms with Crippen molar-refractivity contribution in [2.75, 3.05) is 43.0 Å². The number of carbonyl (C=O) groups is 1. The number of anilines is 2. The number of nitrogens with zero attached hydrogens (tertiary/aromatic N) is 2. The predicted octanol–water partition coefficient (Wildman–Crippen LogP) is 4.86. The maximum Gasteiger partial charge on any atom is 0.264 e. The maximum atomic E-state index is 12.2. The van der Waals surface area contributed by atoms with Crippen LogP contribution in [0.15, 0.2) is 72.8 Å². The summed E-state index contributed by atoms with van der Waals surface area (Å²) < 4.78 is 5.56. The van der Waals surface area contributed by atoms with Crippen molar-refractivity contribution < 1.29 is 9.53 Å². The van der Waals surface area contributed by atoms with Crippen molar-refractivity contribution in [2.45, 2.75) is 13.5 Å². The highest BCUT2D eigenvalue weighted by Gasteiger charge is 2.18. The van der Waals surface area contributed by atoms with Crippen LogP contribution in [0.5, 0.6) is 5.75 Å². The van der Waals surface area contributed by atoms with Crippen LogP contribution in [0.1, 0.15) is 11.1 Å². The van der Waals surface area contributed by atoms with E-state index < -0.39 is 0 Å². The Bertz CT molecular complexity index is 1160. The molecule has 1 saturated heterocycles. The van der Waals surface area contributed by atoms with Crippen molar-refractivity contribution in [3.8, 4) is 5.75 Å². The SMILES string of the molecule is Cc1ccccc1OCC(=O)NC(=S)Nc1ccc(N2CCN(Cc3ccccc3Cl)CC2)cc1. The number of amides is 1. The third kappa shape index (κ3) is 7.18. The molecule has 2 N–H and O–H groups in total. The maximum absolute atomic E-state index is 12.2. The number of hydrogen-bond acceptors (Lipinski definition) is 5. The fraction of sp³-hybridized carbons (Fsp3) is 0.259. The van der Waals surface area contributed by atoms with Crippen LogP contribution in [0.4, 0.5) is 11.4 Å². The molecular formula is C27H29ClN4O2S. The van der Waals surface area contributed by atoms with Gasteiger partial charge in [0.1, 0.15) is 5.75 Å². The minimum atomic E-state index is -0.308. The first-order valence-corrected chi connectivity index (χ1v) is 12.4. The molecule has 0 unspecified atom stereocenters. The lowest BCUT2D eigenvalue weighted by atomic mass is 10.2. The van der Waals surface area contributed by atoms with E-state index in [9.17, 15) is 4.79 Å². The van der Waals surface area contributed by atoms with Crippen molar-refractivity contribution in [3.05, 3.63) is 88.9 Å². The van der Waals surface area contributed by atoms with Gasteiger partial charge in [-0.25, -0.2) is 0 Å². The summed E-state index contributed by atoms with van der Waals surface area (Å²) in [6.07, 6.45) is 0. The molecule has 35 heavy (non-hydrogen) atoms. The second-order valence-corrected chi connectivity index (χ2v) is 9.27. The van der Waals surface area contributed by atoms with Gasteiger partial charge in [-0.15, -0.1) is 0 Å². The first kappa shape index (κ1) is 25.0. The molecule has 1 amide bonds. The van der Waals surface area contributed by atoms with E-state index in [1.54, 1.807) is 0 Å². The summed E-state index contributed by atoms with van der Waals surface area (Å²) in [6, 6.07) is 23.7. The second kappa shape index (κ2) is 12.0. The van der Waals surface area contributed by atoms with Gasteiger partial charge in [0, 0.05) is 49.1 Å². The third-order valence-electron chi connectivity index (χ3n) is 5.92. The number of rotatable bonds is 7. The van der Waals surface area contributed by atoms with E-state index in [4.69, 9.17) is 28.6 Å². The quantitative estimate of drug-likeness (QED) is 0.444. The summed E-state index contributed by atoms with van der Waals surface area (Å²) in [5.74, 6) is 0.374. The van der Waals surface area contributed by atoms with Crippen LogP contribution < -0.4 is 20.3 Å². The molecule has 1 heterocycles. The van der Waals surface area contributed by atoms with E-state index >= 15 is 0 Å². The standard InChI is InChI=1S/C27H29ClN4O2S/c1-20-6-2-5-9-25(20)34-19-26(33)30-27(35)29-22-10-12-23(13-11-22)32-16-14-31(15-17-32)18-21-7-3-4-8-24(21)28/h2-13H,14-19H2,1H3,(H2,29,30,33,35). The summed E-state index contributed by atoms with van der Waals surface area (Å²) in [5, 5.41) is 6.78. The van der Waals surface area contributed by atoms with Gasteiger partial charge in [0.25, 0.3) is 5.91 Å². The van der Waals surface area contributed by atoms with Gasteiger partial charge in [-0.1, -0.05) is 48.0 Å². The number of halogens is 1. The van der Waals surface area contributed by atoms with E-state index in [-0.39, 0.29) is 17.6 Å². The van der Waals surface area contributed by atoms with Crippen LogP contribution in [-0.2, 0) is 11.3 Å². The van der Waals surface area contributed by atoms with Crippen LogP contribution in [-0.4, -0.2) is 48.7 Å². The van der Waals surface area contributed by atoms with Crippen LogP contribution in [0.25, 0.3) is 0 Å². The fourth-order valence-electron chi connectivity index (χ4n) is 3.97. The molecule has 1 aliphatic heterocycles. The second-order valence-electron chi connectivity index (χ2n) is 8.46. The van der Waals surface area contributed by atoms with Gasteiger partial charge in [0.15, 0.2) is 11.7 Å². The zero-order chi connectivity index (χ0) is 24.6. The largest absolute Gasteiger partial charge is 0.483 e. The van der Waals surface area contributed by atoms with Crippen LogP contribution in [0.2, 0.25) is 5.02 Å². The van der Waals surface area contributed by atoms with Gasteiger partial charge >= 0.3 is 0 Å². The van der Waals surface area contributed by atoms with Crippen molar-refractivity contribution in [1.29, 1.82) is 0 Å². The Hall–Kier alpha value is -3.13. The number of ether oxygens (including phenoxy) is 1. The van der Waals surface area contributed by atoms with Crippen molar-refractivity contribution in [3.63, 3.8) is 0 Å². The molecule has 3 aromatic carbocycles. The van der Waals surface area contributed by atoms with Gasteiger partial charge < -0.3 is 15.0 Å². The number of nitrogens with one attached hydrogen (secondary N) is 2. The topological polar surface area (TPSA) is 56.8 Å². The molecular weight excluding hydrogens is 480 g/mol. The molecule has 0 saturated carbocycles. The van der Waals surface area contributed by atoms with E-state index in [1.165, 1.54) is 5.56 Å². The average molecular weight is 509 g/mol. The third-order valence-corrected chi connectivity index (χ3v) is 6.49. The highest BCUT2D eigenvalue weighted by atomic mass is 35.5. The van der Waals surface area contributed by atoms with Crippen LogP contribution in [0.3, 0.4) is 0 Å². The molecule has 0 radical (unpaired) electrons. The van der Waals surface area contributed by atoms with Crippen molar-refractivity contribution in [1.82, 2.24) is 10.2 Å². The lowest BCUT2D eigenvalue weighted by molar-refractivity contribution is -0.121. The lowest BCUT2D eigenvalue weighted by Gasteiger charge is -2.36. The number of piperazine rings is 1. The summed E-state index contributed by atoms with van der Waals surface area (Å²) in [6.45, 7) is 6.56. The zero-order valence-electron chi connectivity index (χ0n) is 19.7. The summed E-state index contributed by atoms with van der Waals surface area (Å²) in [7, 11) is 0. The highest BCUT2D eigenvalue weighted by molar-refractivity contribution is 7.80. The number of para-hydroxylation sites is 1. The molecule has 3 aromatic rings. The Morgan fingerprint density at radius 3 is 2.37 bits per heavy atom. The molecule has 0 bridgehead atoms. The molecule has 182 valence electrons. The minimum Gasteiger partial charge on any atom is -0.483 e. The van der Waals surface area contributed by atoms with Crippen LogP contribution >= 0.6 is 23.8 Å². The molecule has 0 aliphatic carbocycles. The first-order chi connectivity index (χ1) is 17.0. The number of thiocarbonyl (C=S) groups is 1. The Morgan fingerprint density at radius 2 is 1.66 bits per heavy atom. The fourth-order valence-corrected chi connectivity index (χ4v) is 4.40. The number of benzene rings is 3. The van der Waals surface area contributed by atoms with Gasteiger partial charge in [-0.2, -0.15) is 0 Å². The first-order valence-electron chi connectivity index (χ1n) is 11.6. The van der Waals surface area contributed by atoms with Gasteiger partial charge in [-0.05, 0) is 66.7 Å². The average Bonchev–Trinajstić information content (AvgIpc) is 2.86. The summed E-state index contributed by atoms with van der Waals surface area (Å²) >= 11 is 11.6. The minimum absolute atomic E-state index is 0.103. The van der Waals surface area contributed by atoms with Gasteiger partial charge in [0.05, 0.1) is 0 Å². The Kier molecular flexibility index (Phi) is 8.58. The molecule has 0 spiro atoms. The Morgan fingerprint density at radius 1 is 0.971 bits per heavy atom. The molecule has 1 aliphatic rings. The lowest BCUT2D eigenvalue weighted by Crippen LogP contribution is -2.46. The normalized spacial score (nSPS) is 13.8. The van der Waals surface area contributed by atoms with Crippen molar-refractivity contribution >= 4 is 46.2 Å². The van der Waals surface area contributed by atoms with Gasteiger partial charge in [-0.3, -0.25) is 15.0 Å². The molecule has 4 rings (SSSR count). The monoisotopic (exact) mass is 508 g/mol. The number of carbonyl (C=O) groups excluding carboxylic acids is 1. The molecule has 8 heteroatoms. The number of aryl methyl sites for hydroxylation is 1. The van der Waals surface area contributed by atoms with E-state index in [0.29, 0.717) is 5.75 Å². The zero-order valence-corrected chi connectivity index (χ0v) is 21.2. The highest BCUT2D eigenvalue weighted by Crippen LogP contribution is 2.22. The summed E-state index contributed by atoms with van der Waals surface area (Å²) in [5.41, 5.74) is 4.12. The molecule has 1 fully saturated rings. The van der Waals surface area contributed by atoms with Crippen LogP contribution in [0, 0.1) is 6.92 Å². The number of hydrogen-bond donors (Lipinski definition) is 2. The molecule has 0 atom stereocenters. The Labute approximate surface area is 216 Å². The van der Waals surface area contributed by atoms with E-state index in [2.05, 4.69) is 38.6 Å². The molecule has 0 aromatic heterocycles. The smallest absolute Gasteiger partial charge is 0.264 e. The molecule has 6 nitrogen and oxygen atoms in total. The van der Waals surface area contributed by atoms with E-state index in [1.807, 2.05) is 61.5 Å². The van der Waals surface area contributed by atoms with E-state index in [0.717, 1.165) is 54.7 Å². The van der Waals surface area contributed by atoms with Gasteiger partial charge in [0.2, 0.25) is 0 Å². The van der Waals surface area contributed by atoms with Crippen molar-refractivity contribution in [2.24, 2.45) is 0 Å². The predicted molar refractivity (Wildman–Crippen MR) is 146 cm³/mol.